The van der Waals surface area contributed by atoms with Gasteiger partial charge in [-0.15, -0.1) is 0 Å². The number of aryl methyl sites for hydroxylation is 1. The SMILES string of the molecule is Cc1ccc(NC(=O)Cn2c3c(sc2=O)[C@@H](c2ccc(F)cc2)C2C(=O)N(c4ccc(Cl)cc4)C(=O)C2S3)cc1. The third kappa shape index (κ3) is 4.66. The van der Waals surface area contributed by atoms with Gasteiger partial charge in [-0.3, -0.25) is 23.7 Å². The summed E-state index contributed by atoms with van der Waals surface area (Å²) in [7, 11) is 0. The van der Waals surface area contributed by atoms with Crippen LogP contribution in [0.25, 0.3) is 0 Å². The van der Waals surface area contributed by atoms with Crippen molar-refractivity contribution < 1.29 is 18.8 Å². The van der Waals surface area contributed by atoms with Crippen LogP contribution in [0.3, 0.4) is 0 Å². The first-order valence-corrected chi connectivity index (χ1v) is 14.4. The summed E-state index contributed by atoms with van der Waals surface area (Å²) in [5.74, 6) is -3.16. The number of thioether (sulfide) groups is 1. The van der Waals surface area contributed by atoms with Crippen molar-refractivity contribution in [1.29, 1.82) is 0 Å². The number of carbonyl (C=O) groups excluding carboxylic acids is 3. The van der Waals surface area contributed by atoms with E-state index in [4.69, 9.17) is 11.6 Å². The van der Waals surface area contributed by atoms with E-state index in [1.807, 2.05) is 19.1 Å². The van der Waals surface area contributed by atoms with E-state index in [2.05, 4.69) is 5.32 Å². The molecule has 0 aliphatic carbocycles. The zero-order valence-corrected chi connectivity index (χ0v) is 23.4. The zero-order chi connectivity index (χ0) is 28.1. The lowest BCUT2D eigenvalue weighted by Crippen LogP contribution is -2.33. The Morgan fingerprint density at radius 2 is 1.62 bits per heavy atom. The Balaban J connectivity index is 1.40. The number of hydrogen-bond acceptors (Lipinski definition) is 6. The summed E-state index contributed by atoms with van der Waals surface area (Å²) in [5.41, 5.74) is 2.64. The summed E-state index contributed by atoms with van der Waals surface area (Å²) in [6.07, 6.45) is 0. The zero-order valence-electron chi connectivity index (χ0n) is 21.0. The van der Waals surface area contributed by atoms with Gasteiger partial charge in [-0.2, -0.15) is 0 Å². The van der Waals surface area contributed by atoms with Crippen molar-refractivity contribution in [1.82, 2.24) is 4.57 Å². The van der Waals surface area contributed by atoms with Crippen molar-refractivity contribution in [3.05, 3.63) is 109 Å². The summed E-state index contributed by atoms with van der Waals surface area (Å²) in [6.45, 7) is 1.68. The number of anilines is 2. The van der Waals surface area contributed by atoms with E-state index >= 15 is 0 Å². The maximum Gasteiger partial charge on any atom is 0.308 e. The summed E-state index contributed by atoms with van der Waals surface area (Å²) in [5, 5.41) is 2.89. The van der Waals surface area contributed by atoms with E-state index in [0.29, 0.717) is 31.9 Å². The van der Waals surface area contributed by atoms with Crippen molar-refractivity contribution in [2.45, 2.75) is 29.7 Å². The number of hydrogen-bond donors (Lipinski definition) is 1. The lowest BCUT2D eigenvalue weighted by Gasteiger charge is -2.30. The van der Waals surface area contributed by atoms with Crippen LogP contribution in [0, 0.1) is 18.7 Å². The molecule has 3 amide bonds. The smallest absolute Gasteiger partial charge is 0.308 e. The van der Waals surface area contributed by atoms with Gasteiger partial charge in [-0.1, -0.05) is 64.5 Å². The molecule has 2 aliphatic heterocycles. The highest BCUT2D eigenvalue weighted by Gasteiger charge is 2.56. The van der Waals surface area contributed by atoms with Crippen LogP contribution in [0.4, 0.5) is 15.8 Å². The normalized spacial score (nSPS) is 19.9. The minimum absolute atomic E-state index is 0.262. The Bertz CT molecular complexity index is 1700. The first-order chi connectivity index (χ1) is 19.2. The van der Waals surface area contributed by atoms with Gasteiger partial charge in [-0.25, -0.2) is 9.29 Å². The van der Waals surface area contributed by atoms with E-state index in [1.165, 1.54) is 16.7 Å². The minimum atomic E-state index is -0.842. The van der Waals surface area contributed by atoms with Crippen LogP contribution in [0.2, 0.25) is 5.02 Å². The molecule has 0 radical (unpaired) electrons. The lowest BCUT2D eigenvalue weighted by atomic mass is 9.83. The van der Waals surface area contributed by atoms with Gasteiger partial charge in [0, 0.05) is 21.5 Å². The average molecular weight is 594 g/mol. The van der Waals surface area contributed by atoms with Crippen molar-refractivity contribution in [3.8, 4) is 0 Å². The molecule has 7 nitrogen and oxygen atoms in total. The number of imide groups is 1. The molecule has 40 heavy (non-hydrogen) atoms. The van der Waals surface area contributed by atoms with Gasteiger partial charge in [0.25, 0.3) is 0 Å². The number of halogens is 2. The first-order valence-electron chi connectivity index (χ1n) is 12.4. The Labute approximate surface area is 241 Å². The second-order valence-corrected chi connectivity index (χ2v) is 12.2. The second kappa shape index (κ2) is 10.3. The van der Waals surface area contributed by atoms with Gasteiger partial charge >= 0.3 is 4.87 Å². The number of carbonyl (C=O) groups is 3. The Kier molecular flexibility index (Phi) is 6.85. The fourth-order valence-corrected chi connectivity index (χ4v) is 8.01. The highest BCUT2D eigenvalue weighted by Crippen LogP contribution is 2.53. The minimum Gasteiger partial charge on any atom is -0.325 e. The molecule has 4 aromatic rings. The van der Waals surface area contributed by atoms with Crippen LogP contribution in [-0.4, -0.2) is 27.5 Å². The third-order valence-corrected chi connectivity index (χ3v) is 9.86. The number of thiazole rings is 1. The van der Waals surface area contributed by atoms with Gasteiger partial charge in [-0.05, 0) is 61.0 Å². The van der Waals surface area contributed by atoms with E-state index in [-0.39, 0.29) is 11.4 Å². The van der Waals surface area contributed by atoms with E-state index < -0.39 is 40.6 Å². The number of rotatable bonds is 5. The number of fused-ring (bicyclic) bond motifs is 2. The van der Waals surface area contributed by atoms with Crippen LogP contribution in [0.1, 0.15) is 21.9 Å². The fourth-order valence-electron chi connectivity index (χ4n) is 5.11. The molecule has 3 heterocycles. The quantitative estimate of drug-likeness (QED) is 0.311. The molecule has 1 N–H and O–H groups in total. The number of nitrogens with one attached hydrogen (secondary N) is 1. The Hall–Kier alpha value is -3.73. The topological polar surface area (TPSA) is 88.5 Å². The van der Waals surface area contributed by atoms with Crippen LogP contribution in [0.15, 0.2) is 82.6 Å². The number of amides is 3. The predicted molar refractivity (Wildman–Crippen MR) is 154 cm³/mol. The van der Waals surface area contributed by atoms with Gasteiger partial charge in [0.05, 0.1) is 16.6 Å². The number of nitrogens with zero attached hydrogens (tertiary/aromatic N) is 2. The molecule has 202 valence electrons. The van der Waals surface area contributed by atoms with Crippen molar-refractivity contribution in [3.63, 3.8) is 0 Å². The van der Waals surface area contributed by atoms with Gasteiger partial charge in [0.1, 0.15) is 17.6 Å². The number of aromatic nitrogens is 1. The molecule has 0 bridgehead atoms. The van der Waals surface area contributed by atoms with Crippen LogP contribution in [0.5, 0.6) is 0 Å². The van der Waals surface area contributed by atoms with Crippen molar-refractivity contribution in [2.24, 2.45) is 5.92 Å². The molecular formula is C29H21ClFN3O4S2. The third-order valence-electron chi connectivity index (χ3n) is 7.00. The maximum absolute atomic E-state index is 13.8. The lowest BCUT2D eigenvalue weighted by molar-refractivity contribution is -0.122. The summed E-state index contributed by atoms with van der Waals surface area (Å²) < 4.78 is 15.2. The average Bonchev–Trinajstić information content (AvgIpc) is 3.37. The Morgan fingerprint density at radius 3 is 2.30 bits per heavy atom. The van der Waals surface area contributed by atoms with E-state index in [1.54, 1.807) is 48.5 Å². The van der Waals surface area contributed by atoms with E-state index in [0.717, 1.165) is 33.6 Å². The Morgan fingerprint density at radius 1 is 0.950 bits per heavy atom. The van der Waals surface area contributed by atoms with Gasteiger partial charge in [0.2, 0.25) is 17.7 Å². The molecule has 1 aromatic heterocycles. The molecule has 3 aromatic carbocycles. The van der Waals surface area contributed by atoms with Crippen molar-refractivity contribution >= 4 is 63.8 Å². The molecule has 3 atom stereocenters. The van der Waals surface area contributed by atoms with Gasteiger partial charge < -0.3 is 5.32 Å². The fraction of sp³-hybridized carbons (Fsp3) is 0.172. The van der Waals surface area contributed by atoms with Crippen LogP contribution >= 0.6 is 34.7 Å². The monoisotopic (exact) mass is 593 g/mol. The first kappa shape index (κ1) is 26.5. The highest BCUT2D eigenvalue weighted by molar-refractivity contribution is 8.00. The molecule has 1 fully saturated rings. The molecule has 2 unspecified atom stereocenters. The highest BCUT2D eigenvalue weighted by atomic mass is 35.5. The van der Waals surface area contributed by atoms with Crippen molar-refractivity contribution in [2.75, 3.05) is 10.2 Å². The summed E-state index contributed by atoms with van der Waals surface area (Å²) in [4.78, 5) is 55.0. The molecule has 11 heteroatoms. The molecule has 0 saturated carbocycles. The summed E-state index contributed by atoms with van der Waals surface area (Å²) >= 11 is 8.08. The molecule has 1 saturated heterocycles. The molecule has 6 rings (SSSR count). The predicted octanol–water partition coefficient (Wildman–Crippen LogP) is 5.45. The second-order valence-electron chi connectivity index (χ2n) is 9.62. The van der Waals surface area contributed by atoms with Gasteiger partial charge in [0.15, 0.2) is 0 Å². The number of benzene rings is 3. The summed E-state index contributed by atoms with van der Waals surface area (Å²) in [6, 6.07) is 19.4. The van der Waals surface area contributed by atoms with Crippen LogP contribution in [-0.2, 0) is 20.9 Å². The largest absolute Gasteiger partial charge is 0.325 e. The molecule has 2 aliphatic rings. The maximum atomic E-state index is 13.8. The van der Waals surface area contributed by atoms with Crippen LogP contribution < -0.4 is 15.1 Å². The molecular weight excluding hydrogens is 573 g/mol. The molecule has 0 spiro atoms. The standard InChI is InChI=1S/C29H21ClFN3O4S2/c1-15-2-10-19(11-3-15)32-21(35)14-33-28-25(40-29(33)38)22(16-4-8-18(31)9-5-16)23-24(39-28)27(37)34(26(23)36)20-12-6-17(30)7-13-20/h2-13,22-24H,14H2,1H3,(H,32,35)/t22-,23?,24?/m0/s1. The van der Waals surface area contributed by atoms with E-state index in [9.17, 15) is 23.6 Å².